The van der Waals surface area contributed by atoms with Gasteiger partial charge in [0.25, 0.3) is 5.95 Å². The first-order valence-electron chi connectivity index (χ1n) is 4.92. The maximum atomic E-state index is 11.7. The summed E-state index contributed by atoms with van der Waals surface area (Å²) in [6.07, 6.45) is 0. The van der Waals surface area contributed by atoms with Crippen LogP contribution in [0, 0.1) is 0 Å². The molecular formula is C9H12N6OS. The number of thiophene rings is 1. The van der Waals surface area contributed by atoms with E-state index in [-0.39, 0.29) is 12.0 Å². The lowest BCUT2D eigenvalue weighted by molar-refractivity contribution is 0.220. The Bertz CT molecular complexity index is 493. The van der Waals surface area contributed by atoms with Crippen molar-refractivity contribution in [2.45, 2.75) is 6.54 Å². The van der Waals surface area contributed by atoms with E-state index in [2.05, 4.69) is 20.7 Å². The van der Waals surface area contributed by atoms with Gasteiger partial charge in [-0.05, 0) is 27.6 Å². The van der Waals surface area contributed by atoms with Crippen molar-refractivity contribution < 1.29 is 4.79 Å². The van der Waals surface area contributed by atoms with Gasteiger partial charge in [-0.3, -0.25) is 5.32 Å². The summed E-state index contributed by atoms with van der Waals surface area (Å²) in [4.78, 5) is 14.6. The number of rotatable bonds is 3. The molecule has 0 saturated carbocycles. The molecule has 0 aliphatic rings. The summed E-state index contributed by atoms with van der Waals surface area (Å²) in [6.45, 7) is 0.551. The number of amides is 2. The van der Waals surface area contributed by atoms with Crippen LogP contribution in [0.3, 0.4) is 0 Å². The van der Waals surface area contributed by atoms with Gasteiger partial charge in [0.1, 0.15) is 0 Å². The number of aryl methyl sites for hydroxylation is 1. The average molecular weight is 252 g/mol. The highest BCUT2D eigenvalue weighted by Gasteiger charge is 2.11. The van der Waals surface area contributed by atoms with Crippen molar-refractivity contribution in [3.63, 3.8) is 0 Å². The van der Waals surface area contributed by atoms with Crippen LogP contribution in [-0.4, -0.2) is 38.2 Å². The molecule has 2 heterocycles. The van der Waals surface area contributed by atoms with E-state index in [1.165, 1.54) is 4.80 Å². The number of carbonyl (C=O) groups is 1. The second-order valence-corrected chi connectivity index (χ2v) is 4.30. The summed E-state index contributed by atoms with van der Waals surface area (Å²) in [5, 5.41) is 17.7. The standard InChI is InChI=1S/C9H12N6OS/c1-14(5-7-3-4-17-6-7)9(16)10-8-11-13-15(2)12-8/h3-4,6H,5H2,1-2H3,(H,10,12,16). The molecule has 8 heteroatoms. The number of tetrazole rings is 1. The fourth-order valence-electron chi connectivity index (χ4n) is 1.25. The lowest BCUT2D eigenvalue weighted by Gasteiger charge is -2.15. The van der Waals surface area contributed by atoms with Crippen LogP contribution in [-0.2, 0) is 13.6 Å². The minimum Gasteiger partial charge on any atom is -0.323 e. The maximum absolute atomic E-state index is 11.7. The molecule has 0 bridgehead atoms. The van der Waals surface area contributed by atoms with E-state index in [0.29, 0.717) is 6.54 Å². The minimum atomic E-state index is -0.260. The number of urea groups is 1. The Balaban J connectivity index is 1.91. The third-order valence-corrected chi connectivity index (χ3v) is 2.81. The van der Waals surface area contributed by atoms with E-state index in [4.69, 9.17) is 0 Å². The topological polar surface area (TPSA) is 75.9 Å². The highest BCUT2D eigenvalue weighted by Crippen LogP contribution is 2.09. The predicted octanol–water partition coefficient (Wildman–Crippen LogP) is 0.935. The highest BCUT2D eigenvalue weighted by atomic mass is 32.1. The van der Waals surface area contributed by atoms with E-state index >= 15 is 0 Å². The Morgan fingerprint density at radius 1 is 1.65 bits per heavy atom. The SMILES string of the molecule is CN(Cc1ccsc1)C(=O)Nc1nnn(C)n1. The largest absolute Gasteiger partial charge is 0.324 e. The molecule has 2 aromatic rings. The van der Waals surface area contributed by atoms with Gasteiger partial charge in [0, 0.05) is 13.6 Å². The first-order chi connectivity index (χ1) is 8.15. The second kappa shape index (κ2) is 4.91. The van der Waals surface area contributed by atoms with Gasteiger partial charge < -0.3 is 4.90 Å². The van der Waals surface area contributed by atoms with Gasteiger partial charge in [0.05, 0.1) is 7.05 Å². The molecule has 0 unspecified atom stereocenters. The van der Waals surface area contributed by atoms with Gasteiger partial charge in [-0.15, -0.1) is 5.10 Å². The van der Waals surface area contributed by atoms with E-state index in [0.717, 1.165) is 5.56 Å². The summed E-state index contributed by atoms with van der Waals surface area (Å²) in [5.41, 5.74) is 1.10. The number of hydrogen-bond acceptors (Lipinski definition) is 5. The Morgan fingerprint density at radius 2 is 2.47 bits per heavy atom. The molecule has 0 aromatic carbocycles. The number of nitrogens with one attached hydrogen (secondary N) is 1. The van der Waals surface area contributed by atoms with Crippen LogP contribution in [0.1, 0.15) is 5.56 Å². The summed E-state index contributed by atoms with van der Waals surface area (Å²) < 4.78 is 0. The molecular weight excluding hydrogens is 240 g/mol. The van der Waals surface area contributed by atoms with E-state index in [9.17, 15) is 4.79 Å². The summed E-state index contributed by atoms with van der Waals surface area (Å²) >= 11 is 1.60. The van der Waals surface area contributed by atoms with Crippen molar-refractivity contribution in [1.82, 2.24) is 25.1 Å². The Kier molecular flexibility index (Phi) is 3.33. The molecule has 17 heavy (non-hydrogen) atoms. The van der Waals surface area contributed by atoms with Gasteiger partial charge in [0.2, 0.25) is 0 Å². The van der Waals surface area contributed by atoms with Gasteiger partial charge in [-0.2, -0.15) is 16.1 Å². The van der Waals surface area contributed by atoms with Crippen LogP contribution in [0.2, 0.25) is 0 Å². The lowest BCUT2D eigenvalue weighted by Crippen LogP contribution is -2.31. The van der Waals surface area contributed by atoms with Crippen LogP contribution in [0.5, 0.6) is 0 Å². The third kappa shape index (κ3) is 3.00. The first-order valence-corrected chi connectivity index (χ1v) is 5.86. The van der Waals surface area contributed by atoms with Crippen LogP contribution in [0.4, 0.5) is 10.7 Å². The number of nitrogens with zero attached hydrogens (tertiary/aromatic N) is 5. The monoisotopic (exact) mass is 252 g/mol. The molecule has 2 amide bonds. The number of aromatic nitrogens is 4. The third-order valence-electron chi connectivity index (χ3n) is 2.07. The molecule has 0 aliphatic heterocycles. The van der Waals surface area contributed by atoms with Crippen molar-refractivity contribution in [2.75, 3.05) is 12.4 Å². The molecule has 0 radical (unpaired) electrons. The zero-order valence-electron chi connectivity index (χ0n) is 9.49. The van der Waals surface area contributed by atoms with Gasteiger partial charge in [-0.1, -0.05) is 5.10 Å². The molecule has 0 saturated heterocycles. The predicted molar refractivity (Wildman–Crippen MR) is 63.6 cm³/mol. The fraction of sp³-hybridized carbons (Fsp3) is 0.333. The molecule has 1 N–H and O–H groups in total. The molecule has 7 nitrogen and oxygen atoms in total. The molecule has 90 valence electrons. The zero-order valence-corrected chi connectivity index (χ0v) is 10.3. The van der Waals surface area contributed by atoms with Crippen molar-refractivity contribution in [1.29, 1.82) is 0 Å². The van der Waals surface area contributed by atoms with Crippen LogP contribution in [0.25, 0.3) is 0 Å². The number of carbonyl (C=O) groups excluding carboxylic acids is 1. The van der Waals surface area contributed by atoms with Gasteiger partial charge in [0.15, 0.2) is 0 Å². The van der Waals surface area contributed by atoms with E-state index in [1.807, 2.05) is 16.8 Å². The average Bonchev–Trinajstić information content (AvgIpc) is 2.90. The quantitative estimate of drug-likeness (QED) is 0.882. The first kappa shape index (κ1) is 11.5. The fourth-order valence-corrected chi connectivity index (χ4v) is 1.91. The van der Waals surface area contributed by atoms with E-state index < -0.39 is 0 Å². The highest BCUT2D eigenvalue weighted by molar-refractivity contribution is 7.07. The van der Waals surface area contributed by atoms with Crippen LogP contribution in [0.15, 0.2) is 16.8 Å². The zero-order chi connectivity index (χ0) is 12.3. The molecule has 0 fully saturated rings. The molecule has 0 aliphatic carbocycles. The Morgan fingerprint density at radius 3 is 3.06 bits per heavy atom. The Labute approximate surface area is 102 Å². The summed E-state index contributed by atoms with van der Waals surface area (Å²) in [6, 6.07) is 1.72. The number of hydrogen-bond donors (Lipinski definition) is 1. The smallest absolute Gasteiger partial charge is 0.323 e. The minimum absolute atomic E-state index is 0.203. The van der Waals surface area contributed by atoms with E-state index in [1.54, 1.807) is 30.3 Å². The molecule has 2 aromatic heterocycles. The van der Waals surface area contributed by atoms with Crippen molar-refractivity contribution in [2.24, 2.45) is 7.05 Å². The van der Waals surface area contributed by atoms with Crippen molar-refractivity contribution in [3.8, 4) is 0 Å². The molecule has 0 atom stereocenters. The summed E-state index contributed by atoms with van der Waals surface area (Å²) in [5.74, 6) is 0.203. The number of anilines is 1. The van der Waals surface area contributed by atoms with Crippen molar-refractivity contribution in [3.05, 3.63) is 22.4 Å². The van der Waals surface area contributed by atoms with Crippen molar-refractivity contribution >= 4 is 23.3 Å². The van der Waals surface area contributed by atoms with Gasteiger partial charge in [-0.25, -0.2) is 4.79 Å². The van der Waals surface area contributed by atoms with Crippen LogP contribution < -0.4 is 5.32 Å². The lowest BCUT2D eigenvalue weighted by atomic mass is 10.3. The molecule has 2 rings (SSSR count). The Hall–Kier alpha value is -1.96. The summed E-state index contributed by atoms with van der Waals surface area (Å²) in [7, 11) is 3.35. The normalized spacial score (nSPS) is 10.2. The molecule has 0 spiro atoms. The second-order valence-electron chi connectivity index (χ2n) is 3.52. The van der Waals surface area contributed by atoms with Gasteiger partial charge >= 0.3 is 6.03 Å². The maximum Gasteiger partial charge on any atom is 0.324 e. The van der Waals surface area contributed by atoms with Crippen LogP contribution >= 0.6 is 11.3 Å².